The van der Waals surface area contributed by atoms with Crippen LogP contribution in [-0.4, -0.2) is 40.7 Å². The molecule has 3 aromatic rings. The van der Waals surface area contributed by atoms with Crippen LogP contribution < -0.4 is 10.3 Å². The van der Waals surface area contributed by atoms with Crippen LogP contribution in [0.2, 0.25) is 0 Å². The van der Waals surface area contributed by atoms with Crippen molar-refractivity contribution in [3.63, 3.8) is 0 Å². The summed E-state index contributed by atoms with van der Waals surface area (Å²) >= 11 is 3.27. The van der Waals surface area contributed by atoms with Crippen LogP contribution in [0, 0.1) is 0 Å². The quantitative estimate of drug-likeness (QED) is 0.510. The molecule has 1 amide bonds. The normalized spacial score (nSPS) is 13.9. The Morgan fingerprint density at radius 1 is 1.35 bits per heavy atom. The van der Waals surface area contributed by atoms with Crippen molar-refractivity contribution >= 4 is 39.2 Å². The van der Waals surface area contributed by atoms with Gasteiger partial charge in [-0.25, -0.2) is 4.98 Å². The van der Waals surface area contributed by atoms with Crippen LogP contribution in [0.3, 0.4) is 0 Å². The Balaban J connectivity index is 1.32. The van der Waals surface area contributed by atoms with Crippen molar-refractivity contribution in [2.45, 2.75) is 44.4 Å². The van der Waals surface area contributed by atoms with Gasteiger partial charge < -0.3 is 14.6 Å². The Hall–Kier alpha value is -2.32. The second-order valence-corrected chi connectivity index (χ2v) is 9.96. The molecule has 1 aromatic carbocycles. The molecule has 2 aromatic heterocycles. The number of thioether (sulfide) groups is 1. The lowest BCUT2D eigenvalue weighted by atomic mass is 10.1. The highest BCUT2D eigenvalue weighted by molar-refractivity contribution is 7.98. The first-order valence-electron chi connectivity index (χ1n) is 10.5. The molecule has 1 atom stereocenters. The van der Waals surface area contributed by atoms with Gasteiger partial charge in [0, 0.05) is 29.7 Å². The summed E-state index contributed by atoms with van der Waals surface area (Å²) in [6, 6.07) is 7.70. The molecule has 6 nitrogen and oxygen atoms in total. The van der Waals surface area contributed by atoms with Crippen LogP contribution in [0.15, 0.2) is 29.1 Å². The Labute approximate surface area is 190 Å². The highest BCUT2D eigenvalue weighted by atomic mass is 32.2. The van der Waals surface area contributed by atoms with E-state index in [1.54, 1.807) is 35.1 Å². The molecular weight excluding hydrogens is 430 g/mol. The van der Waals surface area contributed by atoms with Crippen LogP contribution in [0.5, 0.6) is 5.75 Å². The van der Waals surface area contributed by atoms with Gasteiger partial charge in [0.05, 0.1) is 24.3 Å². The number of H-pyrrole nitrogens is 1. The van der Waals surface area contributed by atoms with Gasteiger partial charge in [0.1, 0.15) is 16.4 Å². The number of carbonyl (C=O) groups excluding carboxylic acids is 1. The van der Waals surface area contributed by atoms with Crippen LogP contribution in [-0.2, 0) is 23.4 Å². The summed E-state index contributed by atoms with van der Waals surface area (Å²) < 4.78 is 5.43. The summed E-state index contributed by atoms with van der Waals surface area (Å²) in [6.07, 6.45) is 3.60. The molecule has 0 spiro atoms. The minimum absolute atomic E-state index is 0.0264. The molecular formula is C23H27N3O3S2. The minimum atomic E-state index is -0.0742. The molecule has 1 aliphatic rings. The number of hydrogen-bond donors (Lipinski definition) is 1. The van der Waals surface area contributed by atoms with E-state index in [2.05, 4.69) is 9.97 Å². The van der Waals surface area contributed by atoms with E-state index in [4.69, 9.17) is 4.74 Å². The maximum Gasteiger partial charge on any atom is 0.259 e. The zero-order valence-corrected chi connectivity index (χ0v) is 19.7. The fourth-order valence-corrected chi connectivity index (χ4v) is 6.13. The number of aromatic amines is 1. The number of methoxy groups -OCH3 is 1. The number of amides is 1. The van der Waals surface area contributed by atoms with Gasteiger partial charge in [0.15, 0.2) is 0 Å². The molecule has 0 radical (unpaired) electrons. The zero-order valence-electron chi connectivity index (χ0n) is 18.1. The highest BCUT2D eigenvalue weighted by Gasteiger charge is 2.22. The van der Waals surface area contributed by atoms with Crippen LogP contribution in [0.4, 0.5) is 0 Å². The van der Waals surface area contributed by atoms with E-state index >= 15 is 0 Å². The van der Waals surface area contributed by atoms with Crippen molar-refractivity contribution in [3.8, 4) is 5.75 Å². The first-order chi connectivity index (χ1) is 15.0. The third-order valence-electron chi connectivity index (χ3n) is 5.89. The molecule has 2 heterocycles. The number of para-hydroxylation sites is 1. The van der Waals surface area contributed by atoms with E-state index in [9.17, 15) is 9.59 Å². The predicted molar refractivity (Wildman–Crippen MR) is 127 cm³/mol. The maximum absolute atomic E-state index is 12.7. The maximum atomic E-state index is 12.7. The average molecular weight is 458 g/mol. The summed E-state index contributed by atoms with van der Waals surface area (Å²) in [4.78, 5) is 36.8. The number of fused-ring (bicyclic) bond motifs is 3. The van der Waals surface area contributed by atoms with Gasteiger partial charge in [0.25, 0.3) is 5.56 Å². The fraction of sp³-hybridized carbons (Fsp3) is 0.435. The molecule has 0 fully saturated rings. The number of benzene rings is 1. The lowest BCUT2D eigenvalue weighted by Gasteiger charge is -2.26. The van der Waals surface area contributed by atoms with Gasteiger partial charge in [0.2, 0.25) is 5.91 Å². The molecule has 8 heteroatoms. The summed E-state index contributed by atoms with van der Waals surface area (Å²) in [5, 5.41) is 0.786. The molecule has 0 saturated carbocycles. The number of thiophene rings is 1. The lowest BCUT2D eigenvalue weighted by molar-refractivity contribution is -0.131. The average Bonchev–Trinajstić information content (AvgIpc) is 3.36. The van der Waals surface area contributed by atoms with Crippen LogP contribution in [0.25, 0.3) is 10.2 Å². The Morgan fingerprint density at radius 2 is 2.16 bits per heavy atom. The van der Waals surface area contributed by atoms with E-state index in [1.165, 1.54) is 10.4 Å². The summed E-state index contributed by atoms with van der Waals surface area (Å²) in [5.41, 5.74) is 2.17. The van der Waals surface area contributed by atoms with Gasteiger partial charge in [-0.05, 0) is 37.8 Å². The lowest BCUT2D eigenvalue weighted by Crippen LogP contribution is -2.30. The molecule has 1 unspecified atom stereocenters. The van der Waals surface area contributed by atoms with Gasteiger partial charge in [-0.1, -0.05) is 18.2 Å². The van der Waals surface area contributed by atoms with Crippen molar-refractivity contribution in [2.24, 2.45) is 0 Å². The fourth-order valence-electron chi connectivity index (χ4n) is 4.06. The number of hydrogen-bond acceptors (Lipinski definition) is 6. The van der Waals surface area contributed by atoms with Gasteiger partial charge in [-0.3, -0.25) is 9.59 Å². The number of rotatable bonds is 8. The third-order valence-corrected chi connectivity index (χ3v) is 8.04. The monoisotopic (exact) mass is 457 g/mol. The van der Waals surface area contributed by atoms with Gasteiger partial charge in [-0.2, -0.15) is 11.8 Å². The van der Waals surface area contributed by atoms with Crippen molar-refractivity contribution in [1.29, 1.82) is 0 Å². The van der Waals surface area contributed by atoms with Crippen LogP contribution >= 0.6 is 23.1 Å². The highest BCUT2D eigenvalue weighted by Crippen LogP contribution is 2.34. The number of nitrogens with zero attached hydrogens (tertiary/aromatic N) is 2. The first-order valence-corrected chi connectivity index (χ1v) is 12.5. The predicted octanol–water partition coefficient (Wildman–Crippen LogP) is 4.32. The van der Waals surface area contributed by atoms with E-state index in [0.717, 1.165) is 40.8 Å². The SMILES string of the molecule is COc1ccccc1C(C)N(C)C(=O)CCSCc1nc2sc3c(c2c(=O)[nH]1)CCC3. The number of ether oxygens (including phenoxy) is 1. The van der Waals surface area contributed by atoms with Crippen molar-refractivity contribution in [3.05, 3.63) is 56.4 Å². The van der Waals surface area contributed by atoms with E-state index in [1.807, 2.05) is 38.2 Å². The second kappa shape index (κ2) is 9.44. The number of nitrogens with one attached hydrogen (secondary N) is 1. The number of aromatic nitrogens is 2. The number of carbonyl (C=O) groups is 1. The minimum Gasteiger partial charge on any atom is -0.496 e. The standard InChI is InChI=1S/C23H27N3O3S2/c1-14(15-7-4-5-9-17(15)29-3)26(2)20(27)11-12-30-13-19-24-22(28)21-16-8-6-10-18(16)31-23(21)25-19/h4-5,7,9,14H,6,8,10-13H2,1-3H3,(H,24,25,28). The van der Waals surface area contributed by atoms with Gasteiger partial charge in [-0.15, -0.1) is 11.3 Å². The molecule has 4 rings (SSSR count). The Kier molecular flexibility index (Phi) is 6.67. The summed E-state index contributed by atoms with van der Waals surface area (Å²) in [6.45, 7) is 2.01. The molecule has 164 valence electrons. The smallest absolute Gasteiger partial charge is 0.259 e. The van der Waals surface area contributed by atoms with Crippen molar-refractivity contribution in [1.82, 2.24) is 14.9 Å². The number of aryl methyl sites for hydroxylation is 2. The second-order valence-electron chi connectivity index (χ2n) is 7.78. The molecule has 0 saturated heterocycles. The molecule has 1 N–H and O–H groups in total. The van der Waals surface area contributed by atoms with Crippen LogP contribution in [0.1, 0.15) is 47.6 Å². The summed E-state index contributed by atoms with van der Waals surface area (Å²) in [7, 11) is 3.47. The Bertz CT molecular complexity index is 1150. The molecule has 1 aliphatic carbocycles. The zero-order chi connectivity index (χ0) is 22.0. The van der Waals surface area contributed by atoms with Gasteiger partial charge >= 0.3 is 0 Å². The van der Waals surface area contributed by atoms with Crippen molar-refractivity contribution in [2.75, 3.05) is 19.9 Å². The molecule has 0 aliphatic heterocycles. The van der Waals surface area contributed by atoms with E-state index < -0.39 is 0 Å². The van der Waals surface area contributed by atoms with E-state index in [0.29, 0.717) is 23.8 Å². The van der Waals surface area contributed by atoms with E-state index in [-0.39, 0.29) is 17.5 Å². The Morgan fingerprint density at radius 3 is 2.97 bits per heavy atom. The van der Waals surface area contributed by atoms with Crippen molar-refractivity contribution < 1.29 is 9.53 Å². The first kappa shape index (κ1) is 21.9. The largest absolute Gasteiger partial charge is 0.496 e. The topological polar surface area (TPSA) is 75.3 Å². The third kappa shape index (κ3) is 4.50. The molecule has 31 heavy (non-hydrogen) atoms. The molecule has 0 bridgehead atoms. The summed E-state index contributed by atoms with van der Waals surface area (Å²) in [5.74, 6) is 2.81.